The maximum absolute atomic E-state index is 5.89. The zero-order chi connectivity index (χ0) is 14.7. The second kappa shape index (κ2) is 6.56. The Bertz CT molecular complexity index is 578. The van der Waals surface area contributed by atoms with E-state index >= 15 is 0 Å². The zero-order valence-electron chi connectivity index (χ0n) is 12.1. The first kappa shape index (κ1) is 14.5. The number of nitrogens with zero attached hydrogens (tertiary/aromatic N) is 3. The van der Waals surface area contributed by atoms with E-state index in [0.717, 1.165) is 25.2 Å². The first-order valence-corrected chi connectivity index (χ1v) is 7.67. The molecule has 1 N–H and O–H groups in total. The van der Waals surface area contributed by atoms with Gasteiger partial charge in [0.1, 0.15) is 0 Å². The highest BCUT2D eigenvalue weighted by Crippen LogP contribution is 2.21. The predicted octanol–water partition coefficient (Wildman–Crippen LogP) is 2.57. The minimum Gasteiger partial charge on any atom is -0.419 e. The monoisotopic (exact) mass is 306 g/mol. The van der Waals surface area contributed by atoms with Crippen molar-refractivity contribution in [2.24, 2.45) is 0 Å². The number of nitrogens with one attached hydrogen (secondary N) is 1. The Morgan fingerprint density at radius 3 is 2.81 bits per heavy atom. The molecule has 112 valence electrons. The molecule has 21 heavy (non-hydrogen) atoms. The van der Waals surface area contributed by atoms with Crippen LogP contribution < -0.4 is 5.32 Å². The highest BCUT2D eigenvalue weighted by atomic mass is 35.5. The normalized spacial score (nSPS) is 18.5. The van der Waals surface area contributed by atoms with Crippen molar-refractivity contribution in [2.75, 3.05) is 19.6 Å². The molecule has 0 radical (unpaired) electrons. The summed E-state index contributed by atoms with van der Waals surface area (Å²) in [6.45, 7) is 5.95. The van der Waals surface area contributed by atoms with Crippen LogP contribution >= 0.6 is 11.6 Å². The van der Waals surface area contributed by atoms with Gasteiger partial charge in [-0.1, -0.05) is 18.5 Å². The van der Waals surface area contributed by atoms with Crippen LogP contribution in [0.5, 0.6) is 0 Å². The molecule has 0 amide bonds. The summed E-state index contributed by atoms with van der Waals surface area (Å²) in [6.07, 6.45) is 1.17. The lowest BCUT2D eigenvalue weighted by molar-refractivity contribution is 0.191. The van der Waals surface area contributed by atoms with Gasteiger partial charge in [-0.15, -0.1) is 10.2 Å². The van der Waals surface area contributed by atoms with Crippen LogP contribution in [0.1, 0.15) is 19.2 Å². The van der Waals surface area contributed by atoms with Crippen LogP contribution in [-0.2, 0) is 6.54 Å². The zero-order valence-corrected chi connectivity index (χ0v) is 12.8. The van der Waals surface area contributed by atoms with Gasteiger partial charge >= 0.3 is 0 Å². The topological polar surface area (TPSA) is 54.2 Å². The van der Waals surface area contributed by atoms with E-state index in [2.05, 4.69) is 27.3 Å². The van der Waals surface area contributed by atoms with E-state index in [9.17, 15) is 0 Å². The maximum Gasteiger partial charge on any atom is 0.247 e. The van der Waals surface area contributed by atoms with Gasteiger partial charge in [0.25, 0.3) is 0 Å². The van der Waals surface area contributed by atoms with E-state index in [0.29, 0.717) is 29.4 Å². The van der Waals surface area contributed by atoms with E-state index in [1.807, 2.05) is 24.3 Å². The average Bonchev–Trinajstić information content (AvgIpc) is 3.17. The molecule has 0 bridgehead atoms. The van der Waals surface area contributed by atoms with Crippen LogP contribution in [0.2, 0.25) is 5.02 Å². The molecule has 1 aliphatic rings. The summed E-state index contributed by atoms with van der Waals surface area (Å²) in [5, 5.41) is 12.4. The molecule has 1 aromatic heterocycles. The fourth-order valence-corrected chi connectivity index (χ4v) is 2.78. The average molecular weight is 307 g/mol. The van der Waals surface area contributed by atoms with Gasteiger partial charge in [0.2, 0.25) is 11.8 Å². The third-order valence-electron chi connectivity index (χ3n) is 3.85. The Kier molecular flexibility index (Phi) is 4.53. The Hall–Kier alpha value is -1.43. The second-order valence-corrected chi connectivity index (χ2v) is 5.65. The number of benzene rings is 1. The fraction of sp³-hybridized carbons (Fsp3) is 0.467. The summed E-state index contributed by atoms with van der Waals surface area (Å²) < 4.78 is 5.77. The molecule has 3 rings (SSSR count). The predicted molar refractivity (Wildman–Crippen MR) is 82.1 cm³/mol. The molecule has 5 nitrogen and oxygen atoms in total. The lowest BCUT2D eigenvalue weighted by atomic mass is 10.2. The summed E-state index contributed by atoms with van der Waals surface area (Å²) in [7, 11) is 0. The standard InChI is InChI=1S/C15H19ClN4O/c1-2-20(13-7-8-17-9-13)10-14-18-19-15(21-14)11-3-5-12(16)6-4-11/h3-6,13,17H,2,7-10H2,1H3. The van der Waals surface area contributed by atoms with Gasteiger partial charge in [-0.05, 0) is 43.8 Å². The summed E-state index contributed by atoms with van der Waals surface area (Å²) in [5.74, 6) is 1.20. The van der Waals surface area contributed by atoms with Gasteiger partial charge < -0.3 is 9.73 Å². The molecule has 2 aromatic rings. The van der Waals surface area contributed by atoms with Crippen molar-refractivity contribution in [2.45, 2.75) is 25.9 Å². The van der Waals surface area contributed by atoms with Gasteiger partial charge in [0, 0.05) is 23.2 Å². The van der Waals surface area contributed by atoms with Gasteiger partial charge in [-0.2, -0.15) is 0 Å². The lowest BCUT2D eigenvalue weighted by Crippen LogP contribution is -2.36. The number of likely N-dealkylation sites (N-methyl/N-ethyl adjacent to an activating group) is 1. The number of rotatable bonds is 5. The van der Waals surface area contributed by atoms with Gasteiger partial charge in [0.05, 0.1) is 6.54 Å². The minimum atomic E-state index is 0.544. The summed E-state index contributed by atoms with van der Waals surface area (Å²) in [6, 6.07) is 7.98. The SMILES string of the molecule is CCN(Cc1nnc(-c2ccc(Cl)cc2)o1)C1CCNC1. The maximum atomic E-state index is 5.89. The number of aromatic nitrogens is 2. The molecular weight excluding hydrogens is 288 g/mol. The number of hydrogen-bond donors (Lipinski definition) is 1. The number of halogens is 1. The van der Waals surface area contributed by atoms with Crippen LogP contribution in [0.15, 0.2) is 28.7 Å². The molecule has 0 aliphatic carbocycles. The summed E-state index contributed by atoms with van der Waals surface area (Å²) in [4.78, 5) is 2.37. The lowest BCUT2D eigenvalue weighted by Gasteiger charge is -2.24. The van der Waals surface area contributed by atoms with Crippen LogP contribution in [0.4, 0.5) is 0 Å². The van der Waals surface area contributed by atoms with Crippen molar-refractivity contribution >= 4 is 11.6 Å². The Labute approximate surface area is 129 Å². The molecule has 1 aliphatic heterocycles. The molecule has 0 saturated carbocycles. The Morgan fingerprint density at radius 2 is 2.14 bits per heavy atom. The van der Waals surface area contributed by atoms with Crippen molar-refractivity contribution in [3.63, 3.8) is 0 Å². The largest absolute Gasteiger partial charge is 0.419 e. The molecule has 1 atom stereocenters. The molecule has 6 heteroatoms. The van der Waals surface area contributed by atoms with Gasteiger partial charge in [-0.25, -0.2) is 0 Å². The fourth-order valence-electron chi connectivity index (χ4n) is 2.65. The highest BCUT2D eigenvalue weighted by Gasteiger charge is 2.22. The highest BCUT2D eigenvalue weighted by molar-refractivity contribution is 6.30. The second-order valence-electron chi connectivity index (χ2n) is 5.22. The van der Waals surface area contributed by atoms with Crippen LogP contribution in [0, 0.1) is 0 Å². The van der Waals surface area contributed by atoms with Crippen molar-refractivity contribution in [3.05, 3.63) is 35.2 Å². The Balaban J connectivity index is 1.70. The van der Waals surface area contributed by atoms with E-state index < -0.39 is 0 Å². The molecule has 1 aromatic carbocycles. The summed E-state index contributed by atoms with van der Waals surface area (Å²) >= 11 is 5.89. The Morgan fingerprint density at radius 1 is 1.33 bits per heavy atom. The van der Waals surface area contributed by atoms with Crippen LogP contribution in [0.25, 0.3) is 11.5 Å². The molecule has 0 spiro atoms. The third-order valence-corrected chi connectivity index (χ3v) is 4.11. The van der Waals surface area contributed by atoms with Crippen molar-refractivity contribution in [3.8, 4) is 11.5 Å². The first-order chi connectivity index (χ1) is 10.3. The van der Waals surface area contributed by atoms with E-state index in [1.165, 1.54) is 6.42 Å². The van der Waals surface area contributed by atoms with Crippen molar-refractivity contribution in [1.82, 2.24) is 20.4 Å². The van der Waals surface area contributed by atoms with Gasteiger partial charge in [0.15, 0.2) is 0 Å². The first-order valence-electron chi connectivity index (χ1n) is 7.29. The van der Waals surface area contributed by atoms with Crippen molar-refractivity contribution < 1.29 is 4.42 Å². The van der Waals surface area contributed by atoms with Crippen molar-refractivity contribution in [1.29, 1.82) is 0 Å². The molecule has 1 unspecified atom stereocenters. The number of hydrogen-bond acceptors (Lipinski definition) is 5. The quantitative estimate of drug-likeness (QED) is 0.920. The van der Waals surface area contributed by atoms with Gasteiger partial charge in [-0.3, -0.25) is 4.90 Å². The molecule has 1 saturated heterocycles. The van der Waals surface area contributed by atoms with Crippen LogP contribution in [0.3, 0.4) is 0 Å². The third kappa shape index (κ3) is 3.43. The minimum absolute atomic E-state index is 0.544. The van der Waals surface area contributed by atoms with Crippen LogP contribution in [-0.4, -0.2) is 40.8 Å². The molecule has 2 heterocycles. The van der Waals surface area contributed by atoms with E-state index in [-0.39, 0.29) is 0 Å². The van der Waals surface area contributed by atoms with E-state index in [4.69, 9.17) is 16.0 Å². The summed E-state index contributed by atoms with van der Waals surface area (Å²) in [5.41, 5.74) is 0.892. The molecular formula is C15H19ClN4O. The van der Waals surface area contributed by atoms with E-state index in [1.54, 1.807) is 0 Å². The smallest absolute Gasteiger partial charge is 0.247 e. The molecule has 1 fully saturated rings.